The van der Waals surface area contributed by atoms with E-state index in [9.17, 15) is 18.8 Å². The number of aromatic nitrogens is 1. The van der Waals surface area contributed by atoms with Crippen molar-refractivity contribution >= 4 is 23.6 Å². The Labute approximate surface area is 170 Å². The second kappa shape index (κ2) is 8.47. The van der Waals surface area contributed by atoms with Gasteiger partial charge in [-0.3, -0.25) is 19.7 Å². The number of anilines is 1. The van der Waals surface area contributed by atoms with Crippen LogP contribution < -0.4 is 10.2 Å². The normalized spacial score (nSPS) is 21.1. The molecule has 1 N–H and O–H groups in total. The molecule has 0 spiro atoms. The molecule has 8 heteroatoms. The molecule has 0 aliphatic carbocycles. The van der Waals surface area contributed by atoms with Crippen molar-refractivity contribution in [3.05, 3.63) is 23.6 Å². The Bertz CT molecular complexity index is 798. The molecular weight excluding hydrogens is 377 g/mol. The maximum absolute atomic E-state index is 14.7. The minimum Gasteiger partial charge on any atom is -0.460 e. The Morgan fingerprint density at radius 2 is 1.97 bits per heavy atom. The highest BCUT2D eigenvalue weighted by Gasteiger charge is 2.30. The lowest BCUT2D eigenvalue weighted by Crippen LogP contribution is -2.39. The third-order valence-electron chi connectivity index (χ3n) is 5.27. The van der Waals surface area contributed by atoms with Crippen LogP contribution in [-0.4, -0.2) is 41.5 Å². The van der Waals surface area contributed by atoms with Crippen LogP contribution in [0.2, 0.25) is 0 Å². The summed E-state index contributed by atoms with van der Waals surface area (Å²) in [4.78, 5) is 41.4. The average Bonchev–Trinajstić information content (AvgIpc) is 2.61. The van der Waals surface area contributed by atoms with Crippen molar-refractivity contribution in [1.82, 2.24) is 10.3 Å². The number of hydrogen-bond donors (Lipinski definition) is 1. The van der Waals surface area contributed by atoms with E-state index in [0.717, 1.165) is 12.8 Å². The number of imide groups is 1. The third kappa shape index (κ3) is 5.52. The first-order valence-corrected chi connectivity index (χ1v) is 10.1. The molecule has 7 nitrogen and oxygen atoms in total. The highest BCUT2D eigenvalue weighted by molar-refractivity contribution is 6.00. The number of esters is 1. The predicted octanol–water partition coefficient (Wildman–Crippen LogP) is 2.69. The number of rotatable bonds is 4. The summed E-state index contributed by atoms with van der Waals surface area (Å²) in [5.41, 5.74) is -0.00850. The van der Waals surface area contributed by atoms with Gasteiger partial charge in [0, 0.05) is 32.1 Å². The number of carbonyl (C=O) groups is 3. The van der Waals surface area contributed by atoms with Crippen molar-refractivity contribution in [3.8, 4) is 0 Å². The summed E-state index contributed by atoms with van der Waals surface area (Å²) in [5, 5.41) is 2.28. The van der Waals surface area contributed by atoms with Crippen molar-refractivity contribution in [2.45, 2.75) is 64.4 Å². The van der Waals surface area contributed by atoms with Crippen molar-refractivity contribution in [3.63, 3.8) is 0 Å². The van der Waals surface area contributed by atoms with Crippen LogP contribution in [0, 0.1) is 11.7 Å². The van der Waals surface area contributed by atoms with Gasteiger partial charge < -0.3 is 9.64 Å². The Morgan fingerprint density at radius 1 is 1.28 bits per heavy atom. The van der Waals surface area contributed by atoms with Crippen LogP contribution >= 0.6 is 0 Å². The number of nitrogens with one attached hydrogen (secondary N) is 1. The molecule has 29 heavy (non-hydrogen) atoms. The first kappa shape index (κ1) is 21.2. The van der Waals surface area contributed by atoms with Crippen LogP contribution in [0.1, 0.15) is 64.4 Å². The molecule has 1 atom stereocenters. The molecule has 0 aromatic carbocycles. The molecule has 3 heterocycles. The summed E-state index contributed by atoms with van der Waals surface area (Å²) in [7, 11) is 0. The molecule has 2 saturated heterocycles. The molecule has 2 aliphatic rings. The van der Waals surface area contributed by atoms with E-state index >= 15 is 0 Å². The number of ether oxygens (including phenoxy) is 1. The SMILES string of the molecule is CC(C)(C)OC(=O)CC1CCN(c2ncc(C3CCC(=O)NC3=O)cc2F)CC1. The number of hydrogen-bond acceptors (Lipinski definition) is 6. The Hall–Kier alpha value is -2.51. The Kier molecular flexibility index (Phi) is 6.19. The van der Waals surface area contributed by atoms with Crippen molar-refractivity contribution in [1.29, 1.82) is 0 Å². The second-order valence-electron chi connectivity index (χ2n) is 8.80. The van der Waals surface area contributed by atoms with E-state index in [0.29, 0.717) is 31.5 Å². The number of pyridine rings is 1. The van der Waals surface area contributed by atoms with Gasteiger partial charge >= 0.3 is 5.97 Å². The summed E-state index contributed by atoms with van der Waals surface area (Å²) >= 11 is 0. The minimum absolute atomic E-state index is 0.200. The maximum Gasteiger partial charge on any atom is 0.306 e. The van der Waals surface area contributed by atoms with Crippen LogP contribution in [0.4, 0.5) is 10.2 Å². The van der Waals surface area contributed by atoms with Gasteiger partial charge in [-0.2, -0.15) is 0 Å². The van der Waals surface area contributed by atoms with Crippen LogP contribution in [0.25, 0.3) is 0 Å². The molecular formula is C21H28FN3O4. The average molecular weight is 405 g/mol. The van der Waals surface area contributed by atoms with Crippen molar-refractivity contribution < 1.29 is 23.5 Å². The van der Waals surface area contributed by atoms with E-state index in [-0.39, 0.29) is 30.0 Å². The van der Waals surface area contributed by atoms with Crippen LogP contribution in [0.15, 0.2) is 12.3 Å². The number of nitrogens with zero attached hydrogens (tertiary/aromatic N) is 2. The molecule has 0 saturated carbocycles. The summed E-state index contributed by atoms with van der Waals surface area (Å²) in [6.07, 6.45) is 4.01. The van der Waals surface area contributed by atoms with E-state index in [2.05, 4.69) is 10.3 Å². The molecule has 2 fully saturated rings. The van der Waals surface area contributed by atoms with Crippen molar-refractivity contribution in [2.24, 2.45) is 5.92 Å². The summed E-state index contributed by atoms with van der Waals surface area (Å²) < 4.78 is 20.1. The predicted molar refractivity (Wildman–Crippen MR) is 105 cm³/mol. The lowest BCUT2D eigenvalue weighted by molar-refractivity contribution is -0.156. The third-order valence-corrected chi connectivity index (χ3v) is 5.27. The minimum atomic E-state index is -0.552. The first-order valence-electron chi connectivity index (χ1n) is 10.1. The first-order chi connectivity index (χ1) is 13.6. The highest BCUT2D eigenvalue weighted by Crippen LogP contribution is 2.30. The molecule has 2 amide bonds. The maximum atomic E-state index is 14.7. The molecule has 0 bridgehead atoms. The summed E-state index contributed by atoms with van der Waals surface area (Å²) in [5.74, 6) is -1.46. The molecule has 158 valence electrons. The van der Waals surface area contributed by atoms with E-state index < -0.39 is 23.2 Å². The quantitative estimate of drug-likeness (QED) is 0.612. The lowest BCUT2D eigenvalue weighted by atomic mass is 9.91. The fourth-order valence-corrected chi connectivity index (χ4v) is 3.85. The van der Waals surface area contributed by atoms with Gasteiger partial charge in [-0.1, -0.05) is 0 Å². The van der Waals surface area contributed by atoms with E-state index in [1.54, 1.807) is 0 Å². The zero-order valence-electron chi connectivity index (χ0n) is 17.2. The fourth-order valence-electron chi connectivity index (χ4n) is 3.85. The van der Waals surface area contributed by atoms with Gasteiger partial charge in [0.2, 0.25) is 11.8 Å². The van der Waals surface area contributed by atoms with Gasteiger partial charge in [-0.15, -0.1) is 0 Å². The second-order valence-corrected chi connectivity index (χ2v) is 8.80. The molecule has 1 aromatic heterocycles. The van der Waals surface area contributed by atoms with Gasteiger partial charge in [-0.05, 0) is 57.6 Å². The van der Waals surface area contributed by atoms with Gasteiger partial charge in [0.05, 0.1) is 5.92 Å². The smallest absolute Gasteiger partial charge is 0.306 e. The lowest BCUT2D eigenvalue weighted by Gasteiger charge is -2.33. The fraction of sp³-hybridized carbons (Fsp3) is 0.619. The Balaban J connectivity index is 1.58. The summed E-state index contributed by atoms with van der Waals surface area (Å²) in [6, 6.07) is 1.34. The van der Waals surface area contributed by atoms with Gasteiger partial charge in [0.15, 0.2) is 11.6 Å². The Morgan fingerprint density at radius 3 is 2.55 bits per heavy atom. The van der Waals surface area contributed by atoms with Crippen LogP contribution in [0.5, 0.6) is 0 Å². The largest absolute Gasteiger partial charge is 0.460 e. The van der Waals surface area contributed by atoms with Crippen molar-refractivity contribution in [2.75, 3.05) is 18.0 Å². The van der Waals surface area contributed by atoms with Gasteiger partial charge in [0.1, 0.15) is 5.60 Å². The van der Waals surface area contributed by atoms with Crippen LogP contribution in [0.3, 0.4) is 0 Å². The number of carbonyl (C=O) groups excluding carboxylic acids is 3. The molecule has 1 aromatic rings. The van der Waals surface area contributed by atoms with E-state index in [4.69, 9.17) is 4.74 Å². The topological polar surface area (TPSA) is 88.6 Å². The zero-order valence-corrected chi connectivity index (χ0v) is 17.2. The molecule has 0 radical (unpaired) electrons. The molecule has 1 unspecified atom stereocenters. The number of halogens is 1. The summed E-state index contributed by atoms with van der Waals surface area (Å²) in [6.45, 7) is 6.76. The van der Waals surface area contributed by atoms with E-state index in [1.165, 1.54) is 12.3 Å². The van der Waals surface area contributed by atoms with Crippen LogP contribution in [-0.2, 0) is 19.1 Å². The van der Waals surface area contributed by atoms with E-state index in [1.807, 2.05) is 25.7 Å². The monoisotopic (exact) mass is 405 g/mol. The molecule has 2 aliphatic heterocycles. The zero-order chi connectivity index (χ0) is 21.2. The standard InChI is InChI=1S/C21H28FN3O4/c1-21(2,3)29-18(27)10-13-6-8-25(9-7-13)19-16(22)11-14(12-23-19)15-4-5-17(26)24-20(15)28/h11-13,15H,4-10H2,1-3H3,(H,24,26,28). The number of piperidine rings is 2. The highest BCUT2D eigenvalue weighted by atomic mass is 19.1. The van der Waals surface area contributed by atoms with Gasteiger partial charge in [-0.25, -0.2) is 9.37 Å². The number of amides is 2. The van der Waals surface area contributed by atoms with Gasteiger partial charge in [0.25, 0.3) is 0 Å². The molecule has 3 rings (SSSR count).